The number of rotatable bonds is 12. The second-order valence-electron chi connectivity index (χ2n) is 8.88. The van der Waals surface area contributed by atoms with Crippen molar-refractivity contribution in [3.63, 3.8) is 0 Å². The van der Waals surface area contributed by atoms with Gasteiger partial charge in [-0.15, -0.1) is 11.3 Å². The molecule has 0 aliphatic heterocycles. The third-order valence-corrected chi connectivity index (χ3v) is 6.99. The summed E-state index contributed by atoms with van der Waals surface area (Å²) in [4.78, 5) is 43.9. The third-order valence-electron chi connectivity index (χ3n) is 6.11. The van der Waals surface area contributed by atoms with Crippen LogP contribution in [-0.2, 0) is 33.8 Å². The highest BCUT2D eigenvalue weighted by atomic mass is 32.1. The average Bonchev–Trinajstić information content (AvgIpc) is 3.43. The van der Waals surface area contributed by atoms with Gasteiger partial charge in [0.25, 0.3) is 0 Å². The van der Waals surface area contributed by atoms with Gasteiger partial charge in [0, 0.05) is 31.7 Å². The van der Waals surface area contributed by atoms with Gasteiger partial charge in [0.2, 0.25) is 11.8 Å². The largest absolute Gasteiger partial charge is 0.464 e. The molecule has 9 heteroatoms. The molecule has 0 saturated heterocycles. The number of nitrogens with zero attached hydrogens (tertiary/aromatic N) is 2. The van der Waals surface area contributed by atoms with Gasteiger partial charge >= 0.3 is 0 Å². The molecule has 38 heavy (non-hydrogen) atoms. The first kappa shape index (κ1) is 27.2. The van der Waals surface area contributed by atoms with Gasteiger partial charge in [-0.25, -0.2) is 4.39 Å². The minimum Gasteiger partial charge on any atom is -0.464 e. The first-order chi connectivity index (χ1) is 18.4. The normalized spacial score (nSPS) is 11.0. The summed E-state index contributed by atoms with van der Waals surface area (Å²) in [5.41, 5.74) is 1.24. The van der Waals surface area contributed by atoms with Gasteiger partial charge < -0.3 is 19.0 Å². The lowest BCUT2D eigenvalue weighted by molar-refractivity contribution is -0.141. The number of hydrogen-bond donors (Lipinski definition) is 0. The molecule has 0 spiro atoms. The molecule has 0 N–H and O–H groups in total. The lowest BCUT2D eigenvalue weighted by Gasteiger charge is -2.28. The number of methoxy groups -OCH3 is 1. The number of fused-ring (bicyclic) bond motifs is 1. The van der Waals surface area contributed by atoms with E-state index in [0.29, 0.717) is 41.7 Å². The van der Waals surface area contributed by atoms with Gasteiger partial charge in [-0.1, -0.05) is 30.3 Å². The van der Waals surface area contributed by atoms with Gasteiger partial charge in [-0.05, 0) is 47.7 Å². The number of amides is 2. The van der Waals surface area contributed by atoms with Crippen molar-refractivity contribution >= 4 is 34.1 Å². The van der Waals surface area contributed by atoms with Crippen LogP contribution in [0.2, 0.25) is 0 Å². The van der Waals surface area contributed by atoms with Gasteiger partial charge in [-0.2, -0.15) is 0 Å². The Morgan fingerprint density at radius 2 is 1.76 bits per heavy atom. The molecule has 0 fully saturated rings. The molecular weight excluding hydrogens is 507 g/mol. The van der Waals surface area contributed by atoms with Crippen LogP contribution in [0.3, 0.4) is 0 Å². The van der Waals surface area contributed by atoms with E-state index in [1.54, 1.807) is 43.5 Å². The Morgan fingerprint density at radius 3 is 2.50 bits per heavy atom. The molecule has 4 rings (SSSR count). The van der Waals surface area contributed by atoms with Crippen LogP contribution in [0.4, 0.5) is 4.39 Å². The maximum atomic E-state index is 13.6. The summed E-state index contributed by atoms with van der Waals surface area (Å²) in [6, 6.07) is 16.5. The number of ether oxygens (including phenoxy) is 1. The second kappa shape index (κ2) is 13.1. The molecule has 2 aromatic carbocycles. The van der Waals surface area contributed by atoms with E-state index in [2.05, 4.69) is 0 Å². The first-order valence-electron chi connectivity index (χ1n) is 12.3. The van der Waals surface area contributed by atoms with Crippen LogP contribution in [0, 0.1) is 5.82 Å². The number of carbonyl (C=O) groups excluding carboxylic acids is 2. The minimum absolute atomic E-state index is 0.0194. The van der Waals surface area contributed by atoms with Crippen molar-refractivity contribution in [1.82, 2.24) is 9.80 Å². The van der Waals surface area contributed by atoms with Gasteiger partial charge in [0.15, 0.2) is 5.43 Å². The number of benzene rings is 2. The smallest absolute Gasteiger partial charge is 0.242 e. The van der Waals surface area contributed by atoms with E-state index in [4.69, 9.17) is 9.15 Å². The van der Waals surface area contributed by atoms with Gasteiger partial charge in [0.05, 0.1) is 36.7 Å². The molecule has 7 nitrogen and oxygen atoms in total. The Balaban J connectivity index is 1.58. The van der Waals surface area contributed by atoms with E-state index in [1.807, 2.05) is 17.5 Å². The highest BCUT2D eigenvalue weighted by Gasteiger charge is 2.23. The lowest BCUT2D eigenvalue weighted by Crippen LogP contribution is -2.44. The monoisotopic (exact) mass is 536 g/mol. The van der Waals surface area contributed by atoms with Crippen LogP contribution < -0.4 is 5.43 Å². The maximum absolute atomic E-state index is 13.6. The van der Waals surface area contributed by atoms with Crippen LogP contribution >= 0.6 is 11.3 Å². The zero-order valence-electron chi connectivity index (χ0n) is 21.1. The van der Waals surface area contributed by atoms with Crippen molar-refractivity contribution in [3.8, 4) is 0 Å². The number of para-hydroxylation sites is 1. The zero-order chi connectivity index (χ0) is 26.9. The molecule has 0 atom stereocenters. The Bertz CT molecular complexity index is 1420. The fourth-order valence-electron chi connectivity index (χ4n) is 4.10. The lowest BCUT2D eigenvalue weighted by atomic mass is 10.1. The fraction of sp³-hybridized carbons (Fsp3) is 0.276. The predicted octanol–water partition coefficient (Wildman–Crippen LogP) is 4.63. The molecule has 2 amide bonds. The van der Waals surface area contributed by atoms with E-state index in [9.17, 15) is 18.8 Å². The molecule has 2 heterocycles. The molecule has 4 aromatic rings. The second-order valence-corrected chi connectivity index (χ2v) is 9.91. The van der Waals surface area contributed by atoms with E-state index in [0.717, 1.165) is 4.88 Å². The first-order valence-corrected chi connectivity index (χ1v) is 13.1. The molecule has 0 unspecified atom stereocenters. The number of carbonyl (C=O) groups is 2. The third kappa shape index (κ3) is 7.14. The molecule has 0 aliphatic carbocycles. The zero-order valence-corrected chi connectivity index (χ0v) is 21.9. The highest BCUT2D eigenvalue weighted by molar-refractivity contribution is 7.10. The Kier molecular flexibility index (Phi) is 9.40. The number of hydrogen-bond acceptors (Lipinski definition) is 6. The van der Waals surface area contributed by atoms with Crippen molar-refractivity contribution in [2.75, 3.05) is 26.8 Å². The standard InChI is InChI=1S/C29H29FN2O5S/c1-36-14-5-13-31(27(33)16-24-6-4-15-38-24)19-28(34)32(17-21-9-11-23(30)12-10-21)18-22-20-37-26-8-3-2-7-25(26)29(22)35/h2-4,6-12,15,20H,5,13-14,16-19H2,1H3. The summed E-state index contributed by atoms with van der Waals surface area (Å²) in [5.74, 6) is -0.882. The van der Waals surface area contributed by atoms with Crippen LogP contribution in [0.5, 0.6) is 0 Å². The summed E-state index contributed by atoms with van der Waals surface area (Å²) >= 11 is 1.49. The Hall–Kier alpha value is -3.82. The van der Waals surface area contributed by atoms with Gasteiger partial charge in [0.1, 0.15) is 11.4 Å². The maximum Gasteiger partial charge on any atom is 0.242 e. The Morgan fingerprint density at radius 1 is 0.974 bits per heavy atom. The van der Waals surface area contributed by atoms with E-state index in [1.165, 1.54) is 39.5 Å². The number of halogens is 1. The molecular formula is C29H29FN2O5S. The van der Waals surface area contributed by atoms with Crippen LogP contribution in [-0.4, -0.2) is 48.4 Å². The van der Waals surface area contributed by atoms with Crippen molar-refractivity contribution in [3.05, 3.63) is 104 Å². The summed E-state index contributed by atoms with van der Waals surface area (Å²) in [6.45, 7) is 0.763. The van der Waals surface area contributed by atoms with E-state index < -0.39 is 0 Å². The summed E-state index contributed by atoms with van der Waals surface area (Å²) in [6.07, 6.45) is 2.14. The van der Waals surface area contributed by atoms with Crippen LogP contribution in [0.1, 0.15) is 22.4 Å². The molecule has 0 bridgehead atoms. The van der Waals surface area contributed by atoms with Crippen molar-refractivity contribution in [1.29, 1.82) is 0 Å². The highest BCUT2D eigenvalue weighted by Crippen LogP contribution is 2.16. The van der Waals surface area contributed by atoms with Crippen LogP contribution in [0.15, 0.2) is 81.5 Å². The summed E-state index contributed by atoms with van der Waals surface area (Å²) in [7, 11) is 1.59. The van der Waals surface area contributed by atoms with Crippen molar-refractivity contribution < 1.29 is 23.1 Å². The topological polar surface area (TPSA) is 80.1 Å². The van der Waals surface area contributed by atoms with Crippen molar-refractivity contribution in [2.45, 2.75) is 25.9 Å². The predicted molar refractivity (Wildman–Crippen MR) is 144 cm³/mol. The fourth-order valence-corrected chi connectivity index (χ4v) is 4.80. The molecule has 198 valence electrons. The summed E-state index contributed by atoms with van der Waals surface area (Å²) < 4.78 is 24.3. The molecule has 0 aliphatic rings. The molecule has 2 aromatic heterocycles. The van der Waals surface area contributed by atoms with Crippen molar-refractivity contribution in [2.24, 2.45) is 0 Å². The molecule has 0 saturated carbocycles. The Labute approximate surface area is 224 Å². The van der Waals surface area contributed by atoms with Gasteiger partial charge in [-0.3, -0.25) is 14.4 Å². The average molecular weight is 537 g/mol. The SMILES string of the molecule is COCCCN(CC(=O)N(Cc1ccc(F)cc1)Cc1coc2ccccc2c1=O)C(=O)Cc1cccs1. The quantitative estimate of drug-likeness (QED) is 0.247. The molecule has 0 radical (unpaired) electrons. The summed E-state index contributed by atoms with van der Waals surface area (Å²) in [5, 5.41) is 2.33. The van der Waals surface area contributed by atoms with E-state index in [-0.39, 0.29) is 49.1 Å². The van der Waals surface area contributed by atoms with Crippen LogP contribution in [0.25, 0.3) is 11.0 Å². The number of thiophene rings is 1. The van der Waals surface area contributed by atoms with E-state index >= 15 is 0 Å². The minimum atomic E-state index is -0.384.